The molecular weight excluding hydrogens is 329 g/mol. The van der Waals surface area contributed by atoms with Crippen LogP contribution < -0.4 is 5.32 Å². The summed E-state index contributed by atoms with van der Waals surface area (Å²) in [4.78, 5) is 12.2. The van der Waals surface area contributed by atoms with E-state index in [4.69, 9.17) is 0 Å². The fraction of sp³-hybridized carbons (Fsp3) is 0.105. The van der Waals surface area contributed by atoms with Gasteiger partial charge in [0.25, 0.3) is 5.91 Å². The van der Waals surface area contributed by atoms with Gasteiger partial charge in [0.15, 0.2) is 0 Å². The maximum absolute atomic E-state index is 12.8. The van der Waals surface area contributed by atoms with Gasteiger partial charge in [0, 0.05) is 30.2 Å². The zero-order valence-corrected chi connectivity index (χ0v) is 13.1. The maximum Gasteiger partial charge on any atom is 0.416 e. The van der Waals surface area contributed by atoms with Gasteiger partial charge in [-0.15, -0.1) is 0 Å². The summed E-state index contributed by atoms with van der Waals surface area (Å²) in [6.45, 7) is 0.212. The van der Waals surface area contributed by atoms with E-state index in [1.165, 1.54) is 12.1 Å². The number of aromatic nitrogens is 1. The molecule has 0 aliphatic heterocycles. The predicted octanol–water partition coefficient (Wildman–Crippen LogP) is 4.43. The first kappa shape index (κ1) is 16.8. The second-order valence-corrected chi connectivity index (χ2v) is 5.48. The minimum atomic E-state index is -4.47. The molecule has 3 rings (SSSR count). The summed E-state index contributed by atoms with van der Waals surface area (Å²) in [5, 5.41) is 2.68. The number of alkyl halides is 3. The van der Waals surface area contributed by atoms with E-state index >= 15 is 0 Å². The molecule has 0 saturated carbocycles. The maximum atomic E-state index is 12.8. The minimum absolute atomic E-state index is 0.0201. The molecule has 1 heterocycles. The van der Waals surface area contributed by atoms with Gasteiger partial charge in [-0.3, -0.25) is 4.79 Å². The van der Waals surface area contributed by atoms with Gasteiger partial charge in [-0.1, -0.05) is 24.3 Å². The highest BCUT2D eigenvalue weighted by molar-refractivity contribution is 5.94. The third kappa shape index (κ3) is 3.91. The van der Waals surface area contributed by atoms with E-state index in [9.17, 15) is 18.0 Å². The number of hydrogen-bond acceptors (Lipinski definition) is 1. The van der Waals surface area contributed by atoms with Gasteiger partial charge >= 0.3 is 6.18 Å². The molecule has 0 bridgehead atoms. The molecule has 0 unspecified atom stereocenters. The lowest BCUT2D eigenvalue weighted by atomic mass is 10.1. The molecule has 0 aliphatic rings. The van der Waals surface area contributed by atoms with Gasteiger partial charge in [0.05, 0.1) is 5.56 Å². The normalized spacial score (nSPS) is 11.3. The van der Waals surface area contributed by atoms with Crippen LogP contribution in [0.15, 0.2) is 73.1 Å². The molecule has 128 valence electrons. The topological polar surface area (TPSA) is 34.0 Å². The summed E-state index contributed by atoms with van der Waals surface area (Å²) in [7, 11) is 0. The van der Waals surface area contributed by atoms with Crippen LogP contribution in [-0.4, -0.2) is 10.5 Å². The molecule has 0 radical (unpaired) electrons. The average Bonchev–Trinajstić information content (AvgIpc) is 3.14. The van der Waals surface area contributed by atoms with Gasteiger partial charge in [0.2, 0.25) is 0 Å². The second-order valence-electron chi connectivity index (χ2n) is 5.48. The summed E-state index contributed by atoms with van der Waals surface area (Å²) >= 11 is 0. The Balaban J connectivity index is 1.76. The van der Waals surface area contributed by atoms with Crippen LogP contribution in [0.5, 0.6) is 0 Å². The summed E-state index contributed by atoms with van der Waals surface area (Å²) < 4.78 is 40.2. The molecule has 0 spiro atoms. The van der Waals surface area contributed by atoms with Crippen LogP contribution in [0.25, 0.3) is 5.69 Å². The molecule has 0 atom stereocenters. The van der Waals surface area contributed by atoms with Gasteiger partial charge in [0.1, 0.15) is 0 Å². The Labute approximate surface area is 142 Å². The molecule has 0 aliphatic carbocycles. The quantitative estimate of drug-likeness (QED) is 0.747. The summed E-state index contributed by atoms with van der Waals surface area (Å²) in [5.41, 5.74) is 0.900. The predicted molar refractivity (Wildman–Crippen MR) is 88.4 cm³/mol. The number of rotatable bonds is 4. The van der Waals surface area contributed by atoms with Gasteiger partial charge in [-0.05, 0) is 42.0 Å². The molecular formula is C19H15F3N2O. The fourth-order valence-corrected chi connectivity index (χ4v) is 2.52. The highest BCUT2D eigenvalue weighted by Gasteiger charge is 2.30. The minimum Gasteiger partial charge on any atom is -0.348 e. The molecule has 1 amide bonds. The van der Waals surface area contributed by atoms with Crippen LogP contribution in [0.3, 0.4) is 0 Å². The number of nitrogens with one attached hydrogen (secondary N) is 1. The molecule has 25 heavy (non-hydrogen) atoms. The van der Waals surface area contributed by atoms with Crippen LogP contribution in [-0.2, 0) is 12.7 Å². The van der Waals surface area contributed by atoms with Crippen molar-refractivity contribution >= 4 is 5.91 Å². The third-order valence-corrected chi connectivity index (χ3v) is 3.77. The van der Waals surface area contributed by atoms with Crippen LogP contribution in [0.4, 0.5) is 13.2 Å². The first-order valence-electron chi connectivity index (χ1n) is 7.62. The Kier molecular flexibility index (Phi) is 4.61. The van der Waals surface area contributed by atoms with Crippen LogP contribution in [0.2, 0.25) is 0 Å². The Hall–Kier alpha value is -3.02. The van der Waals surface area contributed by atoms with Gasteiger partial charge in [-0.2, -0.15) is 13.2 Å². The van der Waals surface area contributed by atoms with E-state index in [-0.39, 0.29) is 12.1 Å². The van der Waals surface area contributed by atoms with Crippen molar-refractivity contribution < 1.29 is 18.0 Å². The lowest BCUT2D eigenvalue weighted by molar-refractivity contribution is -0.137. The monoisotopic (exact) mass is 344 g/mol. The van der Waals surface area contributed by atoms with E-state index in [0.29, 0.717) is 0 Å². The van der Waals surface area contributed by atoms with Gasteiger partial charge in [-0.25, -0.2) is 0 Å². The average molecular weight is 344 g/mol. The van der Waals surface area contributed by atoms with Crippen molar-refractivity contribution in [2.75, 3.05) is 0 Å². The van der Waals surface area contributed by atoms with Crippen molar-refractivity contribution in [3.05, 3.63) is 89.7 Å². The first-order valence-corrected chi connectivity index (χ1v) is 7.62. The standard InChI is InChI=1S/C19H15F3N2O/c20-19(21,22)16-8-5-7-14(12-16)18(25)23-13-15-6-1-2-9-17(15)24-10-3-4-11-24/h1-12H,13H2,(H,23,25). The van der Waals surface area contributed by atoms with Crippen molar-refractivity contribution in [3.63, 3.8) is 0 Å². The van der Waals surface area contributed by atoms with E-state index in [2.05, 4.69) is 5.32 Å². The lowest BCUT2D eigenvalue weighted by Crippen LogP contribution is -2.24. The highest BCUT2D eigenvalue weighted by atomic mass is 19.4. The number of halogens is 3. The van der Waals surface area contributed by atoms with Crippen LogP contribution >= 0.6 is 0 Å². The molecule has 0 saturated heterocycles. The second kappa shape index (κ2) is 6.84. The molecule has 1 aromatic heterocycles. The van der Waals surface area contributed by atoms with Gasteiger partial charge < -0.3 is 9.88 Å². The van der Waals surface area contributed by atoms with Crippen LogP contribution in [0.1, 0.15) is 21.5 Å². The largest absolute Gasteiger partial charge is 0.416 e. The molecule has 6 heteroatoms. The summed E-state index contributed by atoms with van der Waals surface area (Å²) in [6, 6.07) is 15.7. The van der Waals surface area contributed by atoms with E-state index in [1.54, 1.807) is 0 Å². The molecule has 2 aromatic carbocycles. The first-order chi connectivity index (χ1) is 11.9. The number of nitrogens with zero attached hydrogens (tertiary/aromatic N) is 1. The number of benzene rings is 2. The molecule has 3 nitrogen and oxygen atoms in total. The zero-order chi connectivity index (χ0) is 17.9. The van der Waals surface area contributed by atoms with Crippen LogP contribution in [0, 0.1) is 0 Å². The summed E-state index contributed by atoms with van der Waals surface area (Å²) in [6.07, 6.45) is -0.710. The number of carbonyl (C=O) groups is 1. The molecule has 1 N–H and O–H groups in total. The Bertz CT molecular complexity index is 870. The Morgan fingerprint density at radius 1 is 0.960 bits per heavy atom. The molecule has 0 fully saturated rings. The van der Waals surface area contributed by atoms with Crippen molar-refractivity contribution in [2.45, 2.75) is 12.7 Å². The fourth-order valence-electron chi connectivity index (χ4n) is 2.52. The van der Waals surface area contributed by atoms with E-state index in [0.717, 1.165) is 23.4 Å². The molecule has 3 aromatic rings. The lowest BCUT2D eigenvalue weighted by Gasteiger charge is -2.12. The number of amides is 1. The number of para-hydroxylation sites is 1. The number of carbonyl (C=O) groups excluding carboxylic acids is 1. The summed E-state index contributed by atoms with van der Waals surface area (Å²) in [5.74, 6) is -0.548. The van der Waals surface area contributed by atoms with Crippen molar-refractivity contribution in [1.29, 1.82) is 0 Å². The Morgan fingerprint density at radius 2 is 1.68 bits per heavy atom. The Morgan fingerprint density at radius 3 is 2.40 bits per heavy atom. The van der Waals surface area contributed by atoms with E-state index < -0.39 is 17.6 Å². The van der Waals surface area contributed by atoms with Crippen molar-refractivity contribution in [1.82, 2.24) is 9.88 Å². The zero-order valence-electron chi connectivity index (χ0n) is 13.1. The van der Waals surface area contributed by atoms with E-state index in [1.807, 2.05) is 53.4 Å². The third-order valence-electron chi connectivity index (χ3n) is 3.77. The highest BCUT2D eigenvalue weighted by Crippen LogP contribution is 2.29. The number of hydrogen-bond donors (Lipinski definition) is 1. The van der Waals surface area contributed by atoms with Crippen molar-refractivity contribution in [3.8, 4) is 5.69 Å². The smallest absolute Gasteiger partial charge is 0.348 e. The van der Waals surface area contributed by atoms with Crippen molar-refractivity contribution in [2.24, 2.45) is 0 Å². The SMILES string of the molecule is O=C(NCc1ccccc1-n1cccc1)c1cccc(C(F)(F)F)c1.